The first-order chi connectivity index (χ1) is 30.3. The van der Waals surface area contributed by atoms with Crippen molar-refractivity contribution < 1.29 is 62.8 Å². The Hall–Kier alpha value is -2.42. The van der Waals surface area contributed by atoms with E-state index in [1.54, 1.807) is 6.08 Å². The van der Waals surface area contributed by atoms with Gasteiger partial charge in [-0.3, -0.25) is 23.4 Å². The van der Waals surface area contributed by atoms with Crippen molar-refractivity contribution in [2.45, 2.75) is 218 Å². The van der Waals surface area contributed by atoms with Crippen LogP contribution in [0.1, 0.15) is 187 Å². The van der Waals surface area contributed by atoms with Gasteiger partial charge in [0.15, 0.2) is 6.10 Å². The zero-order valence-electron chi connectivity index (χ0n) is 38.7. The molecule has 8 atom stereocenters. The van der Waals surface area contributed by atoms with E-state index in [1.165, 1.54) is 51.4 Å². The number of aliphatic hydroxyl groups excluding tert-OH is 3. The molecule has 1 rings (SSSR count). The number of allylic oxidation sites excluding steroid dienone is 4. The molecule has 0 aliphatic heterocycles. The van der Waals surface area contributed by atoms with E-state index in [0.29, 0.717) is 32.1 Å². The molecule has 14 nitrogen and oxygen atoms in total. The van der Waals surface area contributed by atoms with Crippen LogP contribution in [-0.2, 0) is 37.5 Å². The standard InChI is InChI=1S/C48H86NO13P/c1-3-5-7-8-9-10-11-12-13-14-15-16-17-18-19-20-21-22-28-32-47(54)62-40(37-60-63(57,58)61-38-43(49)48(55)56)36-59-46(53)31-27-24-23-26-30-41-42(45(52)35-44(41)51)34-33-39(50)29-25-6-4-2/h9-10,12-13,33-34,39-45,50-52H,3-8,11,14-32,35-38,49H2,1-2H3,(H,55,56)(H,57,58)/b10-9-,13-12-,34-33+/t39-,40+,41+,42+,43-,44-,45+/m0/s1. The SMILES string of the molecule is CCCCC/C=C\C/C=C\CCCCCCCCCCCC(=O)O[C@H](COC(=O)CCCCCC[C@@H]1[C@@H](/C=C/[C@@H](O)CCCCC)[C@H](O)C[C@@H]1O)COP(=O)(O)OC[C@H](N)C(=O)O. The summed E-state index contributed by atoms with van der Waals surface area (Å²) >= 11 is 0. The number of carboxylic acids is 1. The van der Waals surface area contributed by atoms with Gasteiger partial charge in [-0.05, 0) is 63.7 Å². The molecule has 7 N–H and O–H groups in total. The number of ether oxygens (including phenoxy) is 2. The normalized spacial score (nSPS) is 20.4. The monoisotopic (exact) mass is 916 g/mol. The van der Waals surface area contributed by atoms with Crippen molar-refractivity contribution in [2.75, 3.05) is 19.8 Å². The number of unbranched alkanes of at least 4 members (excludes halogenated alkanes) is 17. The molecule has 63 heavy (non-hydrogen) atoms. The van der Waals surface area contributed by atoms with E-state index in [1.807, 2.05) is 6.08 Å². The number of phosphoric ester groups is 1. The van der Waals surface area contributed by atoms with E-state index in [4.69, 9.17) is 24.8 Å². The molecular weight excluding hydrogens is 829 g/mol. The first-order valence-corrected chi connectivity index (χ1v) is 25.8. The van der Waals surface area contributed by atoms with Crippen molar-refractivity contribution in [3.05, 3.63) is 36.5 Å². The second-order valence-corrected chi connectivity index (χ2v) is 18.7. The van der Waals surface area contributed by atoms with Crippen LogP contribution in [0, 0.1) is 11.8 Å². The number of esters is 2. The maximum Gasteiger partial charge on any atom is 0.472 e. The van der Waals surface area contributed by atoms with Crippen LogP contribution in [0.15, 0.2) is 36.5 Å². The second-order valence-electron chi connectivity index (χ2n) is 17.2. The van der Waals surface area contributed by atoms with E-state index in [9.17, 15) is 39.2 Å². The first kappa shape index (κ1) is 58.6. The fraction of sp³-hybridized carbons (Fsp3) is 0.812. The Morgan fingerprint density at radius 2 is 1.24 bits per heavy atom. The smallest absolute Gasteiger partial charge is 0.472 e. The minimum atomic E-state index is -4.78. The van der Waals surface area contributed by atoms with E-state index in [0.717, 1.165) is 77.0 Å². The highest BCUT2D eigenvalue weighted by molar-refractivity contribution is 7.47. The number of hydrogen-bond acceptors (Lipinski definition) is 12. The van der Waals surface area contributed by atoms with Gasteiger partial charge in [0, 0.05) is 25.2 Å². The van der Waals surface area contributed by atoms with Crippen molar-refractivity contribution in [3.8, 4) is 0 Å². The van der Waals surface area contributed by atoms with Crippen LogP contribution in [0.4, 0.5) is 0 Å². The Morgan fingerprint density at radius 3 is 1.86 bits per heavy atom. The van der Waals surface area contributed by atoms with Crippen molar-refractivity contribution in [1.82, 2.24) is 0 Å². The Morgan fingerprint density at radius 1 is 0.698 bits per heavy atom. The molecule has 0 aromatic heterocycles. The number of nitrogens with two attached hydrogens (primary N) is 1. The highest BCUT2D eigenvalue weighted by atomic mass is 31.2. The molecule has 1 aliphatic rings. The molecule has 0 amide bonds. The summed E-state index contributed by atoms with van der Waals surface area (Å²) in [6.07, 6.45) is 34.1. The summed E-state index contributed by atoms with van der Waals surface area (Å²) < 4.78 is 32.8. The van der Waals surface area contributed by atoms with Crippen molar-refractivity contribution in [2.24, 2.45) is 17.6 Å². The van der Waals surface area contributed by atoms with E-state index < -0.39 is 76.0 Å². The molecule has 1 aliphatic carbocycles. The maximum absolute atomic E-state index is 12.7. The van der Waals surface area contributed by atoms with Gasteiger partial charge in [0.1, 0.15) is 12.6 Å². The highest BCUT2D eigenvalue weighted by Crippen LogP contribution is 2.43. The largest absolute Gasteiger partial charge is 0.480 e. The predicted octanol–water partition coefficient (Wildman–Crippen LogP) is 9.56. The van der Waals surface area contributed by atoms with Gasteiger partial charge in [-0.25, -0.2) is 4.57 Å². The fourth-order valence-corrected chi connectivity index (χ4v) is 8.38. The third kappa shape index (κ3) is 32.0. The first-order valence-electron chi connectivity index (χ1n) is 24.3. The van der Waals surface area contributed by atoms with Crippen LogP contribution >= 0.6 is 7.82 Å². The molecule has 0 aromatic rings. The summed E-state index contributed by atoms with van der Waals surface area (Å²) in [5, 5.41) is 40.3. The van der Waals surface area contributed by atoms with Gasteiger partial charge >= 0.3 is 25.7 Å². The number of aliphatic hydroxyl groups is 3. The van der Waals surface area contributed by atoms with Crippen LogP contribution in [0.3, 0.4) is 0 Å². The number of aliphatic carboxylic acids is 1. The molecule has 15 heteroatoms. The van der Waals surface area contributed by atoms with Gasteiger partial charge in [0.25, 0.3) is 0 Å². The van der Waals surface area contributed by atoms with E-state index in [-0.39, 0.29) is 24.7 Å². The predicted molar refractivity (Wildman–Crippen MR) is 247 cm³/mol. The van der Waals surface area contributed by atoms with E-state index >= 15 is 0 Å². The number of phosphoric acid groups is 1. The fourth-order valence-electron chi connectivity index (χ4n) is 7.60. The van der Waals surface area contributed by atoms with Gasteiger partial charge < -0.3 is 40.5 Å². The highest BCUT2D eigenvalue weighted by Gasteiger charge is 2.39. The van der Waals surface area contributed by atoms with Crippen molar-refractivity contribution in [3.63, 3.8) is 0 Å². The molecule has 0 bridgehead atoms. The Balaban J connectivity index is 2.41. The van der Waals surface area contributed by atoms with Crippen LogP contribution < -0.4 is 5.73 Å². The molecule has 1 unspecified atom stereocenters. The van der Waals surface area contributed by atoms with Gasteiger partial charge in [0.2, 0.25) is 0 Å². The lowest BCUT2D eigenvalue weighted by Gasteiger charge is -2.21. The summed E-state index contributed by atoms with van der Waals surface area (Å²) in [7, 11) is -4.78. The minimum absolute atomic E-state index is 0.0942. The zero-order valence-corrected chi connectivity index (χ0v) is 39.6. The molecule has 1 saturated carbocycles. The number of carboxylic acid groups (broad SMARTS) is 1. The van der Waals surface area contributed by atoms with Crippen molar-refractivity contribution in [1.29, 1.82) is 0 Å². The second kappa shape index (κ2) is 37.8. The van der Waals surface area contributed by atoms with Crippen LogP contribution in [-0.4, -0.2) is 93.5 Å². The lowest BCUT2D eigenvalue weighted by molar-refractivity contribution is -0.161. The Bertz CT molecular complexity index is 1330. The summed E-state index contributed by atoms with van der Waals surface area (Å²) in [6.45, 7) is 2.48. The maximum atomic E-state index is 12.7. The van der Waals surface area contributed by atoms with Gasteiger partial charge in [0.05, 0.1) is 31.5 Å². The number of carbonyl (C=O) groups excluding carboxylic acids is 2. The van der Waals surface area contributed by atoms with Crippen LogP contribution in [0.2, 0.25) is 0 Å². The Labute approximate surface area is 379 Å². The third-order valence-electron chi connectivity index (χ3n) is 11.5. The molecule has 1 fully saturated rings. The van der Waals surface area contributed by atoms with Crippen molar-refractivity contribution >= 4 is 25.7 Å². The summed E-state index contributed by atoms with van der Waals surface area (Å²) in [5.41, 5.74) is 5.34. The molecular formula is C48H86NO13P. The summed E-state index contributed by atoms with van der Waals surface area (Å²) in [5.74, 6) is -2.88. The number of carbonyl (C=O) groups is 3. The quantitative estimate of drug-likeness (QED) is 0.0145. The van der Waals surface area contributed by atoms with Gasteiger partial charge in [-0.1, -0.05) is 147 Å². The van der Waals surface area contributed by atoms with Crippen LogP contribution in [0.25, 0.3) is 0 Å². The van der Waals surface area contributed by atoms with E-state index in [2.05, 4.69) is 42.7 Å². The molecule has 0 aromatic carbocycles. The third-order valence-corrected chi connectivity index (χ3v) is 12.4. The average Bonchev–Trinajstić information content (AvgIpc) is 3.52. The lowest BCUT2D eigenvalue weighted by Crippen LogP contribution is -2.34. The molecule has 0 radical (unpaired) electrons. The summed E-state index contributed by atoms with van der Waals surface area (Å²) in [4.78, 5) is 46.3. The molecule has 0 saturated heterocycles. The topological polar surface area (TPSA) is 232 Å². The molecule has 366 valence electrons. The summed E-state index contributed by atoms with van der Waals surface area (Å²) in [6, 6.07) is -1.56. The number of rotatable bonds is 41. The van der Waals surface area contributed by atoms with Gasteiger partial charge in [-0.15, -0.1) is 0 Å². The molecule has 0 heterocycles. The minimum Gasteiger partial charge on any atom is -0.480 e. The van der Waals surface area contributed by atoms with Gasteiger partial charge in [-0.2, -0.15) is 0 Å². The zero-order chi connectivity index (χ0) is 46.6. The average molecular weight is 916 g/mol. The lowest BCUT2D eigenvalue weighted by atomic mass is 9.88. The Kier molecular flexibility index (Phi) is 35.1. The number of hydrogen-bond donors (Lipinski definition) is 6. The molecule has 0 spiro atoms. The van der Waals surface area contributed by atoms with Crippen LogP contribution in [0.5, 0.6) is 0 Å².